The molecule has 11 heteroatoms. The zero-order valence-corrected chi connectivity index (χ0v) is 19.9. The second-order valence-corrected chi connectivity index (χ2v) is 10.9. The summed E-state index contributed by atoms with van der Waals surface area (Å²) in [6.07, 6.45) is 1.06. The van der Waals surface area contributed by atoms with Crippen LogP contribution in [0.5, 0.6) is 0 Å². The molecule has 0 radical (unpaired) electrons. The number of rotatable bonds is 7. The molecule has 178 valence electrons. The summed E-state index contributed by atoms with van der Waals surface area (Å²) in [5.74, 6) is -1.02. The first-order chi connectivity index (χ1) is 16.9. The predicted octanol–water partition coefficient (Wildman–Crippen LogP) is 3.63. The molecular weight excluding hydrogens is 488 g/mol. The lowest BCUT2D eigenvalue weighted by Gasteiger charge is -2.36. The molecule has 1 aliphatic heterocycles. The zero-order valence-electron chi connectivity index (χ0n) is 18.2. The molecule has 2 aromatic carbocycles. The van der Waals surface area contributed by atoms with Crippen molar-refractivity contribution in [3.63, 3.8) is 0 Å². The highest BCUT2D eigenvalue weighted by atomic mass is 32.2. The highest BCUT2D eigenvalue weighted by Crippen LogP contribution is 2.39. The van der Waals surface area contributed by atoms with E-state index < -0.39 is 27.9 Å². The fraction of sp³-hybridized carbons (Fsp3) is 0.125. The molecular formula is C24H20N4O5S2. The van der Waals surface area contributed by atoms with Crippen molar-refractivity contribution in [3.05, 3.63) is 84.6 Å². The minimum Gasteiger partial charge on any atom is -0.364 e. The first-order valence-electron chi connectivity index (χ1n) is 10.7. The molecule has 1 unspecified atom stereocenters. The number of fused-ring (bicyclic) bond motifs is 1. The Hall–Kier alpha value is -3.96. The molecule has 3 heterocycles. The summed E-state index contributed by atoms with van der Waals surface area (Å²) in [5, 5.41) is 9.35. The number of nitrogens with one attached hydrogen (secondary N) is 2. The smallest absolute Gasteiger partial charge is 0.274 e. The summed E-state index contributed by atoms with van der Waals surface area (Å²) in [5.41, 5.74) is 2.05. The normalized spacial score (nSPS) is 15.4. The second kappa shape index (κ2) is 9.35. The molecule has 0 saturated heterocycles. The van der Waals surface area contributed by atoms with Crippen molar-refractivity contribution in [1.82, 2.24) is 10.5 Å². The van der Waals surface area contributed by atoms with Crippen LogP contribution in [-0.4, -0.2) is 31.4 Å². The van der Waals surface area contributed by atoms with E-state index >= 15 is 0 Å². The molecule has 0 spiro atoms. The van der Waals surface area contributed by atoms with Crippen LogP contribution >= 0.6 is 11.3 Å². The average molecular weight is 509 g/mol. The number of hydrogen-bond acceptors (Lipinski definition) is 7. The Morgan fingerprint density at radius 3 is 2.60 bits per heavy atom. The molecule has 5 rings (SSSR count). The predicted molar refractivity (Wildman–Crippen MR) is 131 cm³/mol. The number of anilines is 2. The maximum atomic E-state index is 13.8. The van der Waals surface area contributed by atoms with Crippen molar-refractivity contribution >= 4 is 44.5 Å². The fourth-order valence-corrected chi connectivity index (χ4v) is 6.80. The number of para-hydroxylation sites is 2. The Balaban J connectivity index is 1.46. The van der Waals surface area contributed by atoms with E-state index in [2.05, 4.69) is 15.8 Å². The third-order valence-electron chi connectivity index (χ3n) is 5.48. The quantitative estimate of drug-likeness (QED) is 0.393. The van der Waals surface area contributed by atoms with E-state index in [0.717, 1.165) is 21.2 Å². The summed E-state index contributed by atoms with van der Waals surface area (Å²) in [7, 11) is -4.19. The van der Waals surface area contributed by atoms with Crippen LogP contribution < -0.4 is 14.9 Å². The molecule has 1 atom stereocenters. The summed E-state index contributed by atoms with van der Waals surface area (Å²) in [6, 6.07) is 19.4. The van der Waals surface area contributed by atoms with E-state index in [1.165, 1.54) is 12.3 Å². The van der Waals surface area contributed by atoms with Gasteiger partial charge in [0.25, 0.3) is 10.0 Å². The third-order valence-corrected chi connectivity index (χ3v) is 8.88. The number of carbonyl (C=O) groups excluding carboxylic acids is 2. The minimum absolute atomic E-state index is 0.0229. The van der Waals surface area contributed by atoms with Gasteiger partial charge < -0.3 is 15.2 Å². The Bertz CT molecular complexity index is 1470. The highest BCUT2D eigenvalue weighted by Gasteiger charge is 2.42. The lowest BCUT2D eigenvalue weighted by atomic mass is 10.1. The van der Waals surface area contributed by atoms with Gasteiger partial charge in [0.2, 0.25) is 11.8 Å². The number of nitrogens with zero attached hydrogens (tertiary/aromatic N) is 2. The van der Waals surface area contributed by atoms with Crippen molar-refractivity contribution < 1.29 is 22.5 Å². The molecule has 0 aliphatic carbocycles. The van der Waals surface area contributed by atoms with Gasteiger partial charge in [-0.3, -0.25) is 13.9 Å². The van der Waals surface area contributed by atoms with Gasteiger partial charge in [-0.05, 0) is 29.8 Å². The topological polar surface area (TPSA) is 122 Å². The average Bonchev–Trinajstić information content (AvgIpc) is 3.56. The molecule has 0 bridgehead atoms. The number of carbonyl (C=O) groups is 2. The number of hydrogen-bond donors (Lipinski definition) is 2. The van der Waals surface area contributed by atoms with Gasteiger partial charge in [-0.25, -0.2) is 8.42 Å². The van der Waals surface area contributed by atoms with Crippen LogP contribution in [0.25, 0.3) is 10.6 Å². The van der Waals surface area contributed by atoms with E-state index in [4.69, 9.17) is 4.52 Å². The van der Waals surface area contributed by atoms with Crippen LogP contribution in [0.4, 0.5) is 11.4 Å². The minimum atomic E-state index is -4.19. The van der Waals surface area contributed by atoms with Crippen molar-refractivity contribution in [2.75, 3.05) is 9.62 Å². The zero-order chi connectivity index (χ0) is 24.4. The standard InChI is InChI=1S/C24H20N4O5S2/c29-22(25-15-16-6-2-1-3-7-16)14-20-24(30)26-17-8-4-5-9-19(17)28(20)35(31,32)23-11-10-21(34-23)18-12-13-33-27-18/h1-13,20H,14-15H2,(H,25,29)(H,26,30). The summed E-state index contributed by atoms with van der Waals surface area (Å²) in [4.78, 5) is 26.4. The van der Waals surface area contributed by atoms with E-state index in [1.54, 1.807) is 36.4 Å². The number of sulfonamides is 1. The summed E-state index contributed by atoms with van der Waals surface area (Å²) < 4.78 is 33.6. The number of amides is 2. The van der Waals surface area contributed by atoms with Gasteiger partial charge in [0.1, 0.15) is 22.2 Å². The molecule has 2 aromatic heterocycles. The number of thiophene rings is 1. The van der Waals surface area contributed by atoms with Gasteiger partial charge in [-0.15, -0.1) is 11.3 Å². The molecule has 4 aromatic rings. The van der Waals surface area contributed by atoms with Crippen LogP contribution in [0.3, 0.4) is 0 Å². The van der Waals surface area contributed by atoms with Gasteiger partial charge in [-0.1, -0.05) is 47.6 Å². The Morgan fingerprint density at radius 1 is 1.06 bits per heavy atom. The van der Waals surface area contributed by atoms with Gasteiger partial charge in [0, 0.05) is 12.6 Å². The van der Waals surface area contributed by atoms with Crippen LogP contribution in [0.1, 0.15) is 12.0 Å². The van der Waals surface area contributed by atoms with Crippen LogP contribution in [0, 0.1) is 0 Å². The van der Waals surface area contributed by atoms with Crippen molar-refractivity contribution in [2.45, 2.75) is 23.2 Å². The van der Waals surface area contributed by atoms with Gasteiger partial charge in [0.05, 0.1) is 22.7 Å². The molecule has 35 heavy (non-hydrogen) atoms. The Kier molecular flexibility index (Phi) is 6.10. The van der Waals surface area contributed by atoms with Crippen LogP contribution in [0.2, 0.25) is 0 Å². The molecule has 2 N–H and O–H groups in total. The summed E-state index contributed by atoms with van der Waals surface area (Å²) in [6.45, 7) is 0.267. The Morgan fingerprint density at radius 2 is 1.83 bits per heavy atom. The van der Waals surface area contributed by atoms with E-state index in [0.29, 0.717) is 21.9 Å². The SMILES string of the molecule is O=C(CC1C(=O)Nc2ccccc2N1S(=O)(=O)c1ccc(-c2ccon2)s1)NCc1ccccc1. The molecule has 9 nitrogen and oxygen atoms in total. The summed E-state index contributed by atoms with van der Waals surface area (Å²) >= 11 is 1.01. The molecule has 0 fully saturated rings. The molecule has 1 aliphatic rings. The van der Waals surface area contributed by atoms with Crippen molar-refractivity contribution in [1.29, 1.82) is 0 Å². The van der Waals surface area contributed by atoms with E-state index in [9.17, 15) is 18.0 Å². The first-order valence-corrected chi connectivity index (χ1v) is 12.9. The maximum absolute atomic E-state index is 13.8. The number of benzene rings is 2. The van der Waals surface area contributed by atoms with Gasteiger partial charge in [-0.2, -0.15) is 0 Å². The highest BCUT2D eigenvalue weighted by molar-refractivity contribution is 7.95. The van der Waals surface area contributed by atoms with Crippen LogP contribution in [-0.2, 0) is 26.2 Å². The van der Waals surface area contributed by atoms with Crippen LogP contribution in [0.15, 0.2) is 87.8 Å². The largest absolute Gasteiger partial charge is 0.364 e. The lowest BCUT2D eigenvalue weighted by Crippen LogP contribution is -2.52. The van der Waals surface area contributed by atoms with Crippen molar-refractivity contribution in [3.8, 4) is 10.6 Å². The second-order valence-electron chi connectivity index (χ2n) is 7.79. The lowest BCUT2D eigenvalue weighted by molar-refractivity contribution is -0.125. The monoisotopic (exact) mass is 508 g/mol. The first kappa shape index (κ1) is 22.8. The van der Waals surface area contributed by atoms with E-state index in [-0.39, 0.29) is 17.2 Å². The van der Waals surface area contributed by atoms with E-state index in [1.807, 2.05) is 30.3 Å². The number of aromatic nitrogens is 1. The Labute approximate surface area is 205 Å². The molecule has 0 saturated carbocycles. The van der Waals surface area contributed by atoms with Gasteiger partial charge in [0.15, 0.2) is 0 Å². The third kappa shape index (κ3) is 4.55. The van der Waals surface area contributed by atoms with Crippen molar-refractivity contribution in [2.24, 2.45) is 0 Å². The van der Waals surface area contributed by atoms with Gasteiger partial charge >= 0.3 is 0 Å². The molecule has 2 amide bonds. The maximum Gasteiger partial charge on any atom is 0.274 e. The fourth-order valence-electron chi connectivity index (χ4n) is 3.81.